The van der Waals surface area contributed by atoms with Gasteiger partial charge in [0.15, 0.2) is 0 Å². The van der Waals surface area contributed by atoms with Gasteiger partial charge in [-0.15, -0.1) is 5.10 Å². The zero-order valence-electron chi connectivity index (χ0n) is 26.6. The molecule has 0 N–H and O–H groups in total. The van der Waals surface area contributed by atoms with Gasteiger partial charge in [0.25, 0.3) is 0 Å². The Morgan fingerprint density at radius 1 is 1.00 bits per heavy atom. The lowest BCUT2D eigenvalue weighted by atomic mass is 9.84. The molecule has 2 heterocycles. The van der Waals surface area contributed by atoms with Crippen molar-refractivity contribution in [1.82, 2.24) is 19.9 Å². The number of cyclic esters (lactones) is 1. The summed E-state index contributed by atoms with van der Waals surface area (Å²) in [4.78, 5) is 28.3. The molecule has 4 aromatic carbocycles. The van der Waals surface area contributed by atoms with Crippen LogP contribution in [0.1, 0.15) is 64.2 Å². The Morgan fingerprint density at radius 2 is 1.78 bits per heavy atom. The zero-order valence-corrected chi connectivity index (χ0v) is 26.6. The molecule has 0 bridgehead atoms. The second-order valence-corrected chi connectivity index (χ2v) is 11.6. The van der Waals surface area contributed by atoms with Crippen LogP contribution in [0.25, 0.3) is 11.0 Å². The highest BCUT2D eigenvalue weighted by Gasteiger charge is 2.40. The van der Waals surface area contributed by atoms with Crippen molar-refractivity contribution in [3.8, 4) is 5.75 Å². The number of hydrogen-bond acceptors (Lipinski definition) is 7. The summed E-state index contributed by atoms with van der Waals surface area (Å²) >= 11 is 0. The highest BCUT2D eigenvalue weighted by Crippen LogP contribution is 2.37. The van der Waals surface area contributed by atoms with E-state index in [4.69, 9.17) is 14.2 Å². The number of methoxy groups -OCH3 is 1. The van der Waals surface area contributed by atoms with E-state index in [0.29, 0.717) is 19.8 Å². The molecule has 6 rings (SSSR count). The summed E-state index contributed by atoms with van der Waals surface area (Å²) in [5.74, 6) is 0.154. The summed E-state index contributed by atoms with van der Waals surface area (Å²) in [5.41, 5.74) is 8.64. The number of amides is 2. The maximum Gasteiger partial charge on any atom is 0.417 e. The van der Waals surface area contributed by atoms with Gasteiger partial charge >= 0.3 is 6.09 Å². The van der Waals surface area contributed by atoms with Crippen LogP contribution in [0.4, 0.5) is 4.79 Å². The van der Waals surface area contributed by atoms with Gasteiger partial charge < -0.3 is 14.2 Å². The largest absolute Gasteiger partial charge is 0.497 e. The Hall–Kier alpha value is -5.02. The van der Waals surface area contributed by atoms with Gasteiger partial charge in [-0.3, -0.25) is 4.79 Å². The van der Waals surface area contributed by atoms with Crippen molar-refractivity contribution in [2.24, 2.45) is 0 Å². The molecule has 9 nitrogen and oxygen atoms in total. The van der Waals surface area contributed by atoms with Crippen LogP contribution in [0.15, 0.2) is 84.9 Å². The molecule has 236 valence electrons. The molecular formula is C37H38N4O5. The number of hydrogen-bond donors (Lipinski definition) is 0. The predicted molar refractivity (Wildman–Crippen MR) is 174 cm³/mol. The normalized spacial score (nSPS) is 15.3. The summed E-state index contributed by atoms with van der Waals surface area (Å²) < 4.78 is 18.7. The topological polar surface area (TPSA) is 95.8 Å². The van der Waals surface area contributed by atoms with Crippen LogP contribution >= 0.6 is 0 Å². The van der Waals surface area contributed by atoms with Crippen LogP contribution in [0, 0.1) is 13.8 Å². The van der Waals surface area contributed by atoms with Crippen molar-refractivity contribution in [3.05, 3.63) is 124 Å². The SMILES string of the molecule is CCn1nnc2c(C)c(C(CC(=O)N3C(=O)OC[C@H]3c3ccccc3)c3ccc(C)c(COCc4ccc(OC)cc4)c3)ccc21. The molecule has 1 aliphatic rings. The summed E-state index contributed by atoms with van der Waals surface area (Å²) in [6, 6.07) is 27.2. The minimum atomic E-state index is -0.618. The van der Waals surface area contributed by atoms with Gasteiger partial charge in [0.2, 0.25) is 5.91 Å². The second kappa shape index (κ2) is 13.5. The van der Waals surface area contributed by atoms with Crippen LogP contribution in [0.3, 0.4) is 0 Å². The quantitative estimate of drug-likeness (QED) is 0.157. The molecule has 0 aliphatic carbocycles. The van der Waals surface area contributed by atoms with E-state index in [1.165, 1.54) is 4.90 Å². The minimum Gasteiger partial charge on any atom is -0.497 e. The average molecular weight is 619 g/mol. The minimum absolute atomic E-state index is 0.0713. The maximum atomic E-state index is 14.1. The Bertz CT molecular complexity index is 1850. The number of aromatic nitrogens is 3. The van der Waals surface area contributed by atoms with E-state index in [1.807, 2.05) is 79.2 Å². The Labute approximate surface area is 268 Å². The number of aryl methyl sites for hydroxylation is 3. The van der Waals surface area contributed by atoms with Gasteiger partial charge in [0, 0.05) is 18.9 Å². The first-order chi connectivity index (χ1) is 22.4. The Kier molecular flexibility index (Phi) is 9.12. The lowest BCUT2D eigenvalue weighted by molar-refractivity contribution is -0.129. The van der Waals surface area contributed by atoms with Crippen LogP contribution < -0.4 is 4.74 Å². The summed E-state index contributed by atoms with van der Waals surface area (Å²) in [7, 11) is 1.65. The Morgan fingerprint density at radius 3 is 2.52 bits per heavy atom. The molecule has 1 saturated heterocycles. The second-order valence-electron chi connectivity index (χ2n) is 11.6. The first-order valence-electron chi connectivity index (χ1n) is 15.5. The van der Waals surface area contributed by atoms with Gasteiger partial charge in [0.05, 0.1) is 25.8 Å². The van der Waals surface area contributed by atoms with Crippen molar-refractivity contribution in [1.29, 1.82) is 0 Å². The molecule has 46 heavy (non-hydrogen) atoms. The van der Waals surface area contributed by atoms with E-state index in [0.717, 1.165) is 55.7 Å². The zero-order chi connectivity index (χ0) is 32.2. The first kappa shape index (κ1) is 31.0. The fourth-order valence-electron chi connectivity index (χ4n) is 6.16. The highest BCUT2D eigenvalue weighted by atomic mass is 16.6. The predicted octanol–water partition coefficient (Wildman–Crippen LogP) is 7.04. The lowest BCUT2D eigenvalue weighted by Gasteiger charge is -2.25. The maximum absolute atomic E-state index is 14.1. The van der Waals surface area contributed by atoms with Gasteiger partial charge in [-0.2, -0.15) is 0 Å². The van der Waals surface area contributed by atoms with E-state index >= 15 is 0 Å². The molecule has 1 aliphatic heterocycles. The third kappa shape index (κ3) is 6.23. The standard InChI is InChI=1S/C37H38N4O5/c1-5-40-33-18-17-31(25(3)36(33)38-39-40)32(20-35(42)41-34(23-46-37(41)43)27-9-7-6-8-10-27)28-14-11-24(2)29(19-28)22-45-21-26-12-15-30(44-4)16-13-26/h6-19,32,34H,5,20-23H2,1-4H3/t32?,34-/m0/s1. The molecule has 0 saturated carbocycles. The molecular weight excluding hydrogens is 580 g/mol. The molecule has 1 unspecified atom stereocenters. The molecule has 9 heteroatoms. The van der Waals surface area contributed by atoms with Crippen molar-refractivity contribution in [2.75, 3.05) is 13.7 Å². The van der Waals surface area contributed by atoms with Crippen molar-refractivity contribution >= 4 is 23.0 Å². The highest BCUT2D eigenvalue weighted by molar-refractivity contribution is 5.94. The number of nitrogens with zero attached hydrogens (tertiary/aromatic N) is 4. The molecule has 1 aromatic heterocycles. The number of rotatable bonds is 11. The lowest BCUT2D eigenvalue weighted by Crippen LogP contribution is -2.35. The number of ether oxygens (including phenoxy) is 3. The van der Waals surface area contributed by atoms with Crippen LogP contribution in [-0.2, 0) is 34.0 Å². The molecule has 2 amide bonds. The number of imide groups is 1. The molecule has 1 fully saturated rings. The molecule has 0 spiro atoms. The fourth-order valence-corrected chi connectivity index (χ4v) is 6.16. The van der Waals surface area contributed by atoms with Crippen LogP contribution in [0.2, 0.25) is 0 Å². The first-order valence-corrected chi connectivity index (χ1v) is 15.5. The summed E-state index contributed by atoms with van der Waals surface area (Å²) in [6.07, 6.45) is -0.547. The Balaban J connectivity index is 1.33. The van der Waals surface area contributed by atoms with Crippen molar-refractivity contribution in [2.45, 2.75) is 58.9 Å². The summed E-state index contributed by atoms with van der Waals surface area (Å²) in [5, 5.41) is 8.80. The van der Waals surface area contributed by atoms with Gasteiger partial charge in [-0.25, -0.2) is 14.4 Å². The van der Waals surface area contributed by atoms with Crippen molar-refractivity contribution in [3.63, 3.8) is 0 Å². The third-order valence-corrected chi connectivity index (χ3v) is 8.82. The van der Waals surface area contributed by atoms with Crippen molar-refractivity contribution < 1.29 is 23.8 Å². The van der Waals surface area contributed by atoms with Gasteiger partial charge in [-0.05, 0) is 77.9 Å². The number of carbonyl (C=O) groups excluding carboxylic acids is 2. The van der Waals surface area contributed by atoms with E-state index in [1.54, 1.807) is 7.11 Å². The molecule has 0 radical (unpaired) electrons. The monoisotopic (exact) mass is 618 g/mol. The smallest absolute Gasteiger partial charge is 0.417 e. The number of carbonyl (C=O) groups is 2. The van der Waals surface area contributed by atoms with Crippen LogP contribution in [0.5, 0.6) is 5.75 Å². The fraction of sp³-hybridized carbons (Fsp3) is 0.297. The van der Waals surface area contributed by atoms with E-state index < -0.39 is 12.1 Å². The number of benzene rings is 4. The number of fused-ring (bicyclic) bond motifs is 1. The van der Waals surface area contributed by atoms with Gasteiger partial charge in [-0.1, -0.05) is 71.9 Å². The van der Waals surface area contributed by atoms with Gasteiger partial charge in [0.1, 0.15) is 23.9 Å². The molecule has 2 atom stereocenters. The van der Waals surface area contributed by atoms with E-state index in [-0.39, 0.29) is 24.9 Å². The molecule has 5 aromatic rings. The van der Waals surface area contributed by atoms with Crippen LogP contribution in [-0.4, -0.2) is 45.6 Å². The average Bonchev–Trinajstić information content (AvgIpc) is 3.69. The van der Waals surface area contributed by atoms with E-state index in [9.17, 15) is 9.59 Å². The summed E-state index contributed by atoms with van der Waals surface area (Å²) in [6.45, 7) is 7.80. The van der Waals surface area contributed by atoms with E-state index in [2.05, 4.69) is 41.5 Å². The third-order valence-electron chi connectivity index (χ3n) is 8.82.